The van der Waals surface area contributed by atoms with E-state index in [1.165, 1.54) is 24.3 Å². The first-order valence-corrected chi connectivity index (χ1v) is 13.8. The standard InChI is InChI=1S/C31H35N3O9/c1-31(2,12-17-4-6-20(41-3)7-5-17)34(13-25(37)21-8-18(35)10-23-29(21)42-15-27(39)32-23)14-26(38)22-9-19(36)11-24-30(22)43-16-28(40)33-24/h4-11,25-26,35-38H,12-16H2,1-3H3,(H,32,39)(H,33,40)/t25-,26+. The Balaban J connectivity index is 1.47. The SMILES string of the molecule is COc1ccc(CC(C)(C)N(C[C@@H](O)c2cc(O)cc3c2OCC(=O)N3)C[C@H](O)c2cc(O)cc3c2OCC(=O)N3)cc1. The molecule has 0 bridgehead atoms. The van der Waals surface area contributed by atoms with Crippen LogP contribution >= 0.6 is 0 Å². The maximum Gasteiger partial charge on any atom is 0.262 e. The van der Waals surface area contributed by atoms with Crippen LogP contribution in [0.5, 0.6) is 28.7 Å². The number of carbonyl (C=O) groups is 2. The largest absolute Gasteiger partial charge is 0.508 e. The summed E-state index contributed by atoms with van der Waals surface area (Å²) in [5.74, 6) is 0.148. The van der Waals surface area contributed by atoms with Gasteiger partial charge in [0.25, 0.3) is 11.8 Å². The number of phenols is 2. The van der Waals surface area contributed by atoms with Gasteiger partial charge < -0.3 is 45.3 Å². The fourth-order valence-electron chi connectivity index (χ4n) is 5.46. The van der Waals surface area contributed by atoms with E-state index in [4.69, 9.17) is 14.2 Å². The first-order chi connectivity index (χ1) is 20.4. The Hall–Kier alpha value is -4.52. The normalized spacial score (nSPS) is 15.8. The number of aliphatic hydroxyl groups excluding tert-OH is 2. The van der Waals surface area contributed by atoms with E-state index in [2.05, 4.69) is 10.6 Å². The fraction of sp³-hybridized carbons (Fsp3) is 0.355. The number of rotatable bonds is 10. The molecular weight excluding hydrogens is 558 g/mol. The number of nitrogens with zero attached hydrogens (tertiary/aromatic N) is 1. The van der Waals surface area contributed by atoms with Crippen molar-refractivity contribution in [1.29, 1.82) is 0 Å². The second-order valence-corrected chi connectivity index (χ2v) is 11.3. The zero-order valence-electron chi connectivity index (χ0n) is 24.1. The zero-order chi connectivity index (χ0) is 30.9. The van der Waals surface area contributed by atoms with Crippen LogP contribution in [0, 0.1) is 0 Å². The maximum absolute atomic E-state index is 11.9. The number of ether oxygens (including phenoxy) is 3. The molecule has 12 heteroatoms. The predicted molar refractivity (Wildman–Crippen MR) is 157 cm³/mol. The van der Waals surface area contributed by atoms with Crippen molar-refractivity contribution in [1.82, 2.24) is 4.90 Å². The fourth-order valence-corrected chi connectivity index (χ4v) is 5.46. The van der Waals surface area contributed by atoms with Crippen LogP contribution in [0.4, 0.5) is 11.4 Å². The van der Waals surface area contributed by atoms with Crippen molar-refractivity contribution in [3.63, 3.8) is 0 Å². The average Bonchev–Trinajstić information content (AvgIpc) is 2.95. The minimum atomic E-state index is -1.20. The molecule has 6 N–H and O–H groups in total. The molecule has 0 aliphatic carbocycles. The maximum atomic E-state index is 11.9. The minimum absolute atomic E-state index is 0.00792. The van der Waals surface area contributed by atoms with Crippen molar-refractivity contribution in [3.05, 3.63) is 65.2 Å². The highest BCUT2D eigenvalue weighted by atomic mass is 16.5. The van der Waals surface area contributed by atoms with E-state index in [1.54, 1.807) is 7.11 Å². The third-order valence-electron chi connectivity index (χ3n) is 7.60. The Morgan fingerprint density at radius 2 is 1.30 bits per heavy atom. The first kappa shape index (κ1) is 30.0. The predicted octanol–water partition coefficient (Wildman–Crippen LogP) is 2.86. The summed E-state index contributed by atoms with van der Waals surface area (Å²) in [6.07, 6.45) is -1.88. The van der Waals surface area contributed by atoms with Gasteiger partial charge in [0.2, 0.25) is 0 Å². The van der Waals surface area contributed by atoms with Crippen LogP contribution in [-0.4, -0.2) is 76.1 Å². The molecule has 2 atom stereocenters. The number of hydrogen-bond donors (Lipinski definition) is 6. The highest BCUT2D eigenvalue weighted by molar-refractivity contribution is 5.96. The molecule has 0 aromatic heterocycles. The van der Waals surface area contributed by atoms with Gasteiger partial charge in [-0.25, -0.2) is 0 Å². The van der Waals surface area contributed by atoms with E-state index in [1.807, 2.05) is 43.0 Å². The van der Waals surface area contributed by atoms with Gasteiger partial charge in [0, 0.05) is 41.9 Å². The quantitative estimate of drug-likeness (QED) is 0.205. The lowest BCUT2D eigenvalue weighted by molar-refractivity contribution is -0.119. The van der Waals surface area contributed by atoms with Gasteiger partial charge in [-0.2, -0.15) is 0 Å². The average molecular weight is 594 g/mol. The van der Waals surface area contributed by atoms with Gasteiger partial charge in [-0.1, -0.05) is 12.1 Å². The van der Waals surface area contributed by atoms with Gasteiger partial charge in [0.05, 0.1) is 30.7 Å². The van der Waals surface area contributed by atoms with Crippen LogP contribution in [0.3, 0.4) is 0 Å². The summed E-state index contributed by atoms with van der Waals surface area (Å²) in [4.78, 5) is 25.6. The molecule has 2 heterocycles. The molecule has 228 valence electrons. The van der Waals surface area contributed by atoms with Gasteiger partial charge in [-0.15, -0.1) is 0 Å². The number of aromatic hydroxyl groups is 2. The zero-order valence-corrected chi connectivity index (χ0v) is 24.1. The molecule has 5 rings (SSSR count). The number of carbonyl (C=O) groups excluding carboxylic acids is 2. The summed E-state index contributed by atoms with van der Waals surface area (Å²) in [7, 11) is 1.59. The van der Waals surface area contributed by atoms with Crippen LogP contribution in [0.25, 0.3) is 0 Å². The van der Waals surface area contributed by atoms with Gasteiger partial charge in [0.1, 0.15) is 28.7 Å². The highest BCUT2D eigenvalue weighted by Gasteiger charge is 2.34. The van der Waals surface area contributed by atoms with Crippen molar-refractivity contribution < 1.29 is 44.2 Å². The summed E-state index contributed by atoms with van der Waals surface area (Å²) in [6, 6.07) is 13.1. The Morgan fingerprint density at radius 1 is 0.837 bits per heavy atom. The molecule has 0 spiro atoms. The number of benzene rings is 3. The van der Waals surface area contributed by atoms with Gasteiger partial charge >= 0.3 is 0 Å². The van der Waals surface area contributed by atoms with E-state index < -0.39 is 17.7 Å². The molecule has 0 saturated carbocycles. The van der Waals surface area contributed by atoms with Crippen molar-refractivity contribution in [2.75, 3.05) is 44.0 Å². The summed E-state index contributed by atoms with van der Waals surface area (Å²) >= 11 is 0. The third kappa shape index (κ3) is 6.61. The van der Waals surface area contributed by atoms with E-state index in [9.17, 15) is 30.0 Å². The van der Waals surface area contributed by atoms with Crippen LogP contribution in [0.15, 0.2) is 48.5 Å². The van der Waals surface area contributed by atoms with E-state index >= 15 is 0 Å². The van der Waals surface area contributed by atoms with Gasteiger partial charge in [0.15, 0.2) is 13.2 Å². The number of methoxy groups -OCH3 is 1. The lowest BCUT2D eigenvalue weighted by atomic mass is 9.90. The lowest BCUT2D eigenvalue weighted by Gasteiger charge is -2.41. The molecule has 3 aromatic rings. The van der Waals surface area contributed by atoms with Crippen molar-refractivity contribution >= 4 is 23.2 Å². The molecule has 2 aliphatic heterocycles. The molecule has 12 nitrogen and oxygen atoms in total. The van der Waals surface area contributed by atoms with Crippen molar-refractivity contribution in [2.24, 2.45) is 0 Å². The molecule has 0 radical (unpaired) electrons. The number of aliphatic hydroxyl groups is 2. The monoisotopic (exact) mass is 593 g/mol. The number of nitrogens with one attached hydrogen (secondary N) is 2. The van der Waals surface area contributed by atoms with E-state index in [0.29, 0.717) is 12.2 Å². The number of amides is 2. The number of phenolic OH excluding ortho intramolecular Hbond substituents is 2. The van der Waals surface area contributed by atoms with Crippen LogP contribution in [0.1, 0.15) is 42.7 Å². The number of fused-ring (bicyclic) bond motifs is 2. The number of β-amino-alcohol motifs (C(OH)–C–C–N with tert-alkyl or cyclic N) is 2. The third-order valence-corrected chi connectivity index (χ3v) is 7.60. The Kier molecular flexibility index (Phi) is 8.36. The number of hydrogen-bond acceptors (Lipinski definition) is 10. The molecule has 0 fully saturated rings. The lowest BCUT2D eigenvalue weighted by Crippen LogP contribution is -2.49. The smallest absolute Gasteiger partial charge is 0.262 e. The molecule has 0 unspecified atom stereocenters. The van der Waals surface area contributed by atoms with Crippen LogP contribution in [-0.2, 0) is 16.0 Å². The minimum Gasteiger partial charge on any atom is -0.508 e. The van der Waals surface area contributed by atoms with E-state index in [0.717, 1.165) is 5.56 Å². The Labute approximate surface area is 248 Å². The molecule has 0 saturated heterocycles. The summed E-state index contributed by atoms with van der Waals surface area (Å²) in [6.45, 7) is 3.46. The van der Waals surface area contributed by atoms with Crippen LogP contribution in [0.2, 0.25) is 0 Å². The van der Waals surface area contributed by atoms with E-state index in [-0.39, 0.29) is 83.6 Å². The van der Waals surface area contributed by atoms with Gasteiger partial charge in [-0.3, -0.25) is 14.5 Å². The second kappa shape index (κ2) is 12.0. The summed E-state index contributed by atoms with van der Waals surface area (Å²) < 4.78 is 16.5. The highest BCUT2D eigenvalue weighted by Crippen LogP contribution is 2.42. The summed E-state index contributed by atoms with van der Waals surface area (Å²) in [5, 5.41) is 49.0. The van der Waals surface area contributed by atoms with Crippen molar-refractivity contribution in [3.8, 4) is 28.7 Å². The molecule has 2 amide bonds. The Morgan fingerprint density at radius 3 is 1.74 bits per heavy atom. The first-order valence-electron chi connectivity index (χ1n) is 13.8. The van der Waals surface area contributed by atoms with Crippen LogP contribution < -0.4 is 24.8 Å². The topological polar surface area (TPSA) is 170 Å². The molecular formula is C31H35N3O9. The molecule has 43 heavy (non-hydrogen) atoms. The Bertz CT molecular complexity index is 1440. The second-order valence-electron chi connectivity index (χ2n) is 11.3. The summed E-state index contributed by atoms with van der Waals surface area (Å²) in [5.41, 5.74) is 1.38. The number of anilines is 2. The van der Waals surface area contributed by atoms with Gasteiger partial charge in [-0.05, 0) is 50.1 Å². The molecule has 3 aromatic carbocycles. The molecule has 2 aliphatic rings. The van der Waals surface area contributed by atoms with Crippen molar-refractivity contribution in [2.45, 2.75) is 38.0 Å².